The molecular formula is C18H19N3O2S. The molecule has 1 N–H and O–H groups in total. The van der Waals surface area contributed by atoms with Gasteiger partial charge in [0.2, 0.25) is 0 Å². The predicted octanol–water partition coefficient (Wildman–Crippen LogP) is 2.44. The highest BCUT2D eigenvalue weighted by atomic mass is 32.1. The van der Waals surface area contributed by atoms with E-state index in [4.69, 9.17) is 0 Å². The van der Waals surface area contributed by atoms with E-state index in [9.17, 15) is 9.59 Å². The van der Waals surface area contributed by atoms with E-state index in [2.05, 4.69) is 23.0 Å². The Bertz CT molecular complexity index is 997. The van der Waals surface area contributed by atoms with E-state index >= 15 is 0 Å². The molecule has 0 radical (unpaired) electrons. The highest BCUT2D eigenvalue weighted by molar-refractivity contribution is 7.21. The standard InChI is InChI=1S/C18H19N3O2S/c1-11-3-4-14-12(9-11)16-13(17(22)19-14)10-15(24-16)18(23)21-7-5-20(2)6-8-21/h3-4,9-10H,5-8H2,1-2H3,(H,19,22). The first-order chi connectivity index (χ1) is 11.5. The molecule has 6 heteroatoms. The molecule has 0 bridgehead atoms. The molecule has 0 spiro atoms. The quantitative estimate of drug-likeness (QED) is 0.740. The van der Waals surface area contributed by atoms with Crippen molar-refractivity contribution in [1.29, 1.82) is 0 Å². The largest absolute Gasteiger partial charge is 0.335 e. The molecule has 1 aromatic carbocycles. The zero-order chi connectivity index (χ0) is 16.8. The summed E-state index contributed by atoms with van der Waals surface area (Å²) in [5.74, 6) is 0.0319. The van der Waals surface area contributed by atoms with Crippen molar-refractivity contribution in [2.75, 3.05) is 33.2 Å². The van der Waals surface area contributed by atoms with E-state index in [0.29, 0.717) is 10.3 Å². The summed E-state index contributed by atoms with van der Waals surface area (Å²) in [7, 11) is 2.06. The number of likely N-dealkylation sites (N-methyl/N-ethyl adjacent to an activating group) is 1. The van der Waals surface area contributed by atoms with Gasteiger partial charge in [-0.15, -0.1) is 11.3 Å². The average Bonchev–Trinajstić information content (AvgIpc) is 3.02. The van der Waals surface area contributed by atoms with E-state index < -0.39 is 0 Å². The van der Waals surface area contributed by atoms with E-state index in [-0.39, 0.29) is 11.5 Å². The number of aromatic amines is 1. The number of hydrogen-bond donors (Lipinski definition) is 1. The second-order valence-corrected chi connectivity index (χ2v) is 7.50. The number of benzene rings is 1. The van der Waals surface area contributed by atoms with Crippen LogP contribution in [0.4, 0.5) is 0 Å². The van der Waals surface area contributed by atoms with Crippen LogP contribution in [0.25, 0.3) is 21.0 Å². The van der Waals surface area contributed by atoms with Crippen molar-refractivity contribution in [3.05, 3.63) is 45.1 Å². The molecule has 4 rings (SSSR count). The van der Waals surface area contributed by atoms with Gasteiger partial charge in [0.25, 0.3) is 11.5 Å². The molecule has 0 unspecified atom stereocenters. The number of H-pyrrole nitrogens is 1. The van der Waals surface area contributed by atoms with Crippen LogP contribution in [0.5, 0.6) is 0 Å². The first-order valence-electron chi connectivity index (χ1n) is 8.07. The van der Waals surface area contributed by atoms with Crippen LogP contribution in [-0.2, 0) is 0 Å². The number of piperazine rings is 1. The summed E-state index contributed by atoms with van der Waals surface area (Å²) in [4.78, 5) is 32.8. The van der Waals surface area contributed by atoms with Gasteiger partial charge in [0.05, 0.1) is 10.3 Å². The summed E-state index contributed by atoms with van der Waals surface area (Å²) in [6.07, 6.45) is 0. The van der Waals surface area contributed by atoms with Gasteiger partial charge in [-0.3, -0.25) is 9.59 Å². The van der Waals surface area contributed by atoms with E-state index in [1.54, 1.807) is 6.07 Å². The minimum atomic E-state index is -0.130. The second kappa shape index (κ2) is 5.72. The lowest BCUT2D eigenvalue weighted by Gasteiger charge is -2.32. The zero-order valence-corrected chi connectivity index (χ0v) is 14.6. The number of amides is 1. The van der Waals surface area contributed by atoms with Crippen molar-refractivity contribution in [3.63, 3.8) is 0 Å². The van der Waals surface area contributed by atoms with E-state index in [1.165, 1.54) is 11.3 Å². The highest BCUT2D eigenvalue weighted by Crippen LogP contribution is 2.31. The average molecular weight is 341 g/mol. The summed E-state index contributed by atoms with van der Waals surface area (Å²) >= 11 is 1.43. The maximum atomic E-state index is 12.8. The van der Waals surface area contributed by atoms with E-state index in [0.717, 1.165) is 47.3 Å². The third-order valence-electron chi connectivity index (χ3n) is 4.65. The van der Waals surface area contributed by atoms with Crippen LogP contribution in [-0.4, -0.2) is 53.9 Å². The first kappa shape index (κ1) is 15.4. The molecule has 0 atom stereocenters. The molecule has 2 aromatic heterocycles. The maximum Gasteiger partial charge on any atom is 0.264 e. The summed E-state index contributed by atoms with van der Waals surface area (Å²) in [5, 5.41) is 1.61. The Morgan fingerprint density at radius 3 is 2.62 bits per heavy atom. The number of nitrogens with one attached hydrogen (secondary N) is 1. The third kappa shape index (κ3) is 2.52. The van der Waals surface area contributed by atoms with Gasteiger partial charge in [-0.05, 0) is 32.2 Å². The smallest absolute Gasteiger partial charge is 0.264 e. The van der Waals surface area contributed by atoms with Crippen molar-refractivity contribution in [1.82, 2.24) is 14.8 Å². The Hall–Kier alpha value is -2.18. The Kier molecular flexibility index (Phi) is 3.66. The van der Waals surface area contributed by atoms with E-state index in [1.807, 2.05) is 24.0 Å². The lowest BCUT2D eigenvalue weighted by Crippen LogP contribution is -2.46. The van der Waals surface area contributed by atoms with Gasteiger partial charge in [0.1, 0.15) is 0 Å². The van der Waals surface area contributed by atoms with Crippen LogP contribution >= 0.6 is 11.3 Å². The van der Waals surface area contributed by atoms with Gasteiger partial charge in [-0.1, -0.05) is 11.6 Å². The molecule has 1 saturated heterocycles. The molecule has 1 aliphatic rings. The number of fused-ring (bicyclic) bond motifs is 3. The van der Waals surface area contributed by atoms with Crippen LogP contribution in [0.3, 0.4) is 0 Å². The number of carbonyl (C=O) groups is 1. The Balaban J connectivity index is 1.81. The minimum absolute atomic E-state index is 0.0319. The topological polar surface area (TPSA) is 56.4 Å². The molecule has 1 fully saturated rings. The van der Waals surface area contributed by atoms with Gasteiger partial charge in [-0.2, -0.15) is 0 Å². The fourth-order valence-electron chi connectivity index (χ4n) is 3.18. The number of hydrogen-bond acceptors (Lipinski definition) is 4. The van der Waals surface area contributed by atoms with Crippen LogP contribution in [0.1, 0.15) is 15.2 Å². The number of pyridine rings is 1. The molecule has 5 nitrogen and oxygen atoms in total. The minimum Gasteiger partial charge on any atom is -0.335 e. The Morgan fingerprint density at radius 2 is 1.88 bits per heavy atom. The van der Waals surface area contributed by atoms with Crippen molar-refractivity contribution in [2.24, 2.45) is 0 Å². The molecule has 1 aliphatic heterocycles. The SMILES string of the molecule is Cc1ccc2[nH]c(=O)c3cc(C(=O)N4CCN(C)CC4)sc3c2c1. The van der Waals surface area contributed by atoms with Gasteiger partial charge >= 0.3 is 0 Å². The number of aromatic nitrogens is 1. The fraction of sp³-hybridized carbons (Fsp3) is 0.333. The van der Waals surface area contributed by atoms with Crippen molar-refractivity contribution in [3.8, 4) is 0 Å². The number of aryl methyl sites for hydroxylation is 1. The molecule has 3 aromatic rings. The number of thiophene rings is 1. The summed E-state index contributed by atoms with van der Waals surface area (Å²) in [5.41, 5.74) is 1.82. The molecule has 24 heavy (non-hydrogen) atoms. The van der Waals surface area contributed by atoms with Crippen molar-refractivity contribution < 1.29 is 4.79 Å². The second-order valence-electron chi connectivity index (χ2n) is 6.45. The van der Waals surface area contributed by atoms with Crippen LogP contribution in [0, 0.1) is 6.92 Å². The lowest BCUT2D eigenvalue weighted by molar-refractivity contribution is 0.0669. The van der Waals surface area contributed by atoms with Gasteiger partial charge < -0.3 is 14.8 Å². The van der Waals surface area contributed by atoms with Crippen molar-refractivity contribution >= 4 is 38.2 Å². The monoisotopic (exact) mass is 341 g/mol. The Labute approximate surface area is 143 Å². The van der Waals surface area contributed by atoms with Gasteiger partial charge in [-0.25, -0.2) is 0 Å². The highest BCUT2D eigenvalue weighted by Gasteiger charge is 2.23. The van der Waals surface area contributed by atoms with Crippen LogP contribution in [0.15, 0.2) is 29.1 Å². The number of carbonyl (C=O) groups excluding carboxylic acids is 1. The molecular weight excluding hydrogens is 322 g/mol. The molecule has 0 aliphatic carbocycles. The van der Waals surface area contributed by atoms with Crippen LogP contribution in [0.2, 0.25) is 0 Å². The number of rotatable bonds is 1. The zero-order valence-electron chi connectivity index (χ0n) is 13.8. The maximum absolute atomic E-state index is 12.8. The summed E-state index contributed by atoms with van der Waals surface area (Å²) in [6.45, 7) is 5.28. The molecule has 3 heterocycles. The summed E-state index contributed by atoms with van der Waals surface area (Å²) < 4.78 is 0.898. The predicted molar refractivity (Wildman–Crippen MR) is 98.1 cm³/mol. The van der Waals surface area contributed by atoms with Gasteiger partial charge in [0, 0.05) is 41.8 Å². The molecule has 124 valence electrons. The first-order valence-corrected chi connectivity index (χ1v) is 8.88. The van der Waals surface area contributed by atoms with Crippen LogP contribution < -0.4 is 5.56 Å². The Morgan fingerprint density at radius 1 is 1.12 bits per heavy atom. The van der Waals surface area contributed by atoms with Crippen molar-refractivity contribution in [2.45, 2.75) is 6.92 Å². The normalized spacial score (nSPS) is 16.2. The number of nitrogens with zero attached hydrogens (tertiary/aromatic N) is 2. The van der Waals surface area contributed by atoms with Gasteiger partial charge in [0.15, 0.2) is 0 Å². The lowest BCUT2D eigenvalue weighted by atomic mass is 10.1. The summed E-state index contributed by atoms with van der Waals surface area (Å²) in [6, 6.07) is 7.72. The molecule has 0 saturated carbocycles. The fourth-order valence-corrected chi connectivity index (χ4v) is 4.33. The molecule has 1 amide bonds. The third-order valence-corrected chi connectivity index (χ3v) is 5.80.